The molecule has 1 unspecified atom stereocenters. The summed E-state index contributed by atoms with van der Waals surface area (Å²) in [6.45, 7) is 5.36. The molecule has 0 bridgehead atoms. The Kier molecular flexibility index (Phi) is 4.27. The van der Waals surface area contributed by atoms with E-state index in [-0.39, 0.29) is 6.04 Å². The minimum absolute atomic E-state index is 0.197. The van der Waals surface area contributed by atoms with Gasteiger partial charge in [0.1, 0.15) is 0 Å². The highest BCUT2D eigenvalue weighted by atomic mass is 16.5. The number of piperidine rings is 1. The SMILES string of the molecule is CCN1CCC2(CC1)Oc1c(OC)cccc1C1CC(c3ccccc3)=NN12. The van der Waals surface area contributed by atoms with Gasteiger partial charge in [-0.15, -0.1) is 0 Å². The summed E-state index contributed by atoms with van der Waals surface area (Å²) in [7, 11) is 1.72. The number of hydrogen-bond donors (Lipinski definition) is 0. The van der Waals surface area contributed by atoms with E-state index < -0.39 is 5.72 Å². The molecule has 3 aliphatic rings. The first kappa shape index (κ1) is 17.6. The Morgan fingerprint density at radius 2 is 1.89 bits per heavy atom. The van der Waals surface area contributed by atoms with Gasteiger partial charge in [0.25, 0.3) is 0 Å². The number of ether oxygens (including phenoxy) is 2. The third-order valence-electron chi connectivity index (χ3n) is 6.40. The third kappa shape index (κ3) is 2.68. The highest BCUT2D eigenvalue weighted by Gasteiger charge is 2.52. The Labute approximate surface area is 166 Å². The number of benzene rings is 2. The summed E-state index contributed by atoms with van der Waals surface area (Å²) >= 11 is 0. The summed E-state index contributed by atoms with van der Waals surface area (Å²) in [5.74, 6) is 1.73. The molecule has 1 saturated heterocycles. The normalized spacial score (nSPS) is 23.0. The quantitative estimate of drug-likeness (QED) is 0.809. The largest absolute Gasteiger partial charge is 0.493 e. The number of likely N-dealkylation sites (tertiary alicyclic amines) is 1. The van der Waals surface area contributed by atoms with E-state index in [9.17, 15) is 0 Å². The van der Waals surface area contributed by atoms with Gasteiger partial charge in [0.2, 0.25) is 5.72 Å². The molecule has 3 aliphatic heterocycles. The van der Waals surface area contributed by atoms with E-state index in [1.54, 1.807) is 7.11 Å². The molecule has 2 aromatic carbocycles. The molecule has 28 heavy (non-hydrogen) atoms. The molecule has 5 heteroatoms. The van der Waals surface area contributed by atoms with Crippen molar-refractivity contribution < 1.29 is 9.47 Å². The lowest BCUT2D eigenvalue weighted by atomic mass is 9.90. The van der Waals surface area contributed by atoms with E-state index in [1.165, 1.54) is 11.1 Å². The van der Waals surface area contributed by atoms with Crippen LogP contribution in [0.3, 0.4) is 0 Å². The second kappa shape index (κ2) is 6.82. The van der Waals surface area contributed by atoms with Crippen molar-refractivity contribution in [2.75, 3.05) is 26.7 Å². The van der Waals surface area contributed by atoms with E-state index in [4.69, 9.17) is 14.6 Å². The summed E-state index contributed by atoms with van der Waals surface area (Å²) < 4.78 is 12.4. The van der Waals surface area contributed by atoms with Gasteiger partial charge in [0.05, 0.1) is 18.9 Å². The minimum atomic E-state index is -0.394. The second-order valence-corrected chi connectivity index (χ2v) is 7.84. The van der Waals surface area contributed by atoms with Crippen LogP contribution in [0.4, 0.5) is 0 Å². The predicted octanol–water partition coefficient (Wildman–Crippen LogP) is 4.05. The van der Waals surface area contributed by atoms with Crippen LogP contribution in [-0.2, 0) is 0 Å². The lowest BCUT2D eigenvalue weighted by molar-refractivity contribution is -0.150. The Hall–Kier alpha value is -2.53. The fourth-order valence-corrected chi connectivity index (χ4v) is 4.78. The molecule has 5 nitrogen and oxygen atoms in total. The van der Waals surface area contributed by atoms with Gasteiger partial charge in [-0.25, -0.2) is 5.01 Å². The molecular formula is C23H27N3O2. The maximum Gasteiger partial charge on any atom is 0.200 e. The summed E-state index contributed by atoms with van der Waals surface area (Å²) in [5, 5.41) is 7.40. The molecule has 146 valence electrons. The van der Waals surface area contributed by atoms with Gasteiger partial charge in [-0.1, -0.05) is 49.4 Å². The smallest absolute Gasteiger partial charge is 0.200 e. The molecular weight excluding hydrogens is 350 g/mol. The van der Waals surface area contributed by atoms with Gasteiger partial charge >= 0.3 is 0 Å². The van der Waals surface area contributed by atoms with Crippen molar-refractivity contribution in [3.63, 3.8) is 0 Å². The topological polar surface area (TPSA) is 37.3 Å². The Morgan fingerprint density at radius 1 is 1.11 bits per heavy atom. The van der Waals surface area contributed by atoms with E-state index in [2.05, 4.69) is 59.3 Å². The number of rotatable bonds is 3. The standard InChI is InChI=1S/C23H27N3O2/c1-3-25-14-12-23(13-15-25)26-20(16-19(24-26)17-8-5-4-6-9-17)18-10-7-11-21(27-2)22(18)28-23/h4-11,20H,3,12-16H2,1-2H3. The zero-order valence-electron chi connectivity index (χ0n) is 16.6. The summed E-state index contributed by atoms with van der Waals surface area (Å²) in [6, 6.07) is 16.9. The van der Waals surface area contributed by atoms with Crippen molar-refractivity contribution in [3.8, 4) is 11.5 Å². The number of nitrogens with zero attached hydrogens (tertiary/aromatic N) is 3. The number of hydrazone groups is 1. The third-order valence-corrected chi connectivity index (χ3v) is 6.40. The van der Waals surface area contributed by atoms with E-state index >= 15 is 0 Å². The van der Waals surface area contributed by atoms with Gasteiger partial charge in [0.15, 0.2) is 11.5 Å². The van der Waals surface area contributed by atoms with Crippen LogP contribution in [0.25, 0.3) is 0 Å². The molecule has 0 aromatic heterocycles. The molecule has 0 N–H and O–H groups in total. The van der Waals surface area contributed by atoms with Gasteiger partial charge < -0.3 is 14.4 Å². The Balaban J connectivity index is 1.58. The molecule has 0 saturated carbocycles. The fraction of sp³-hybridized carbons (Fsp3) is 0.435. The number of hydrogen-bond acceptors (Lipinski definition) is 5. The fourth-order valence-electron chi connectivity index (χ4n) is 4.78. The van der Waals surface area contributed by atoms with E-state index in [0.717, 1.165) is 56.1 Å². The summed E-state index contributed by atoms with van der Waals surface area (Å²) in [6.07, 6.45) is 2.79. The predicted molar refractivity (Wildman–Crippen MR) is 110 cm³/mol. The maximum absolute atomic E-state index is 6.74. The molecule has 0 aliphatic carbocycles. The molecule has 0 radical (unpaired) electrons. The average Bonchev–Trinajstić information content (AvgIpc) is 3.22. The van der Waals surface area contributed by atoms with Gasteiger partial charge in [-0.05, 0) is 18.2 Å². The Morgan fingerprint density at radius 3 is 2.61 bits per heavy atom. The van der Waals surface area contributed by atoms with Crippen molar-refractivity contribution in [1.29, 1.82) is 0 Å². The van der Waals surface area contributed by atoms with Crippen LogP contribution in [0.15, 0.2) is 53.6 Å². The maximum atomic E-state index is 6.74. The summed E-state index contributed by atoms with van der Waals surface area (Å²) in [4.78, 5) is 2.49. The van der Waals surface area contributed by atoms with Crippen LogP contribution >= 0.6 is 0 Å². The lowest BCUT2D eigenvalue weighted by Gasteiger charge is -2.51. The van der Waals surface area contributed by atoms with Gasteiger partial charge in [0, 0.05) is 37.9 Å². The molecule has 1 spiro atoms. The second-order valence-electron chi connectivity index (χ2n) is 7.84. The summed E-state index contributed by atoms with van der Waals surface area (Å²) in [5.41, 5.74) is 3.12. The van der Waals surface area contributed by atoms with Crippen LogP contribution in [0.2, 0.25) is 0 Å². The zero-order valence-corrected chi connectivity index (χ0v) is 16.6. The number of para-hydroxylation sites is 1. The van der Waals surface area contributed by atoms with Gasteiger partial charge in [-0.2, -0.15) is 5.10 Å². The number of fused-ring (bicyclic) bond motifs is 4. The van der Waals surface area contributed by atoms with Crippen molar-refractivity contribution in [2.24, 2.45) is 5.10 Å². The highest BCUT2D eigenvalue weighted by molar-refractivity contribution is 6.02. The van der Waals surface area contributed by atoms with E-state index in [0.29, 0.717) is 0 Å². The Bertz CT molecular complexity index is 888. The van der Waals surface area contributed by atoms with Crippen molar-refractivity contribution in [3.05, 3.63) is 59.7 Å². The zero-order chi connectivity index (χ0) is 19.1. The first-order valence-corrected chi connectivity index (χ1v) is 10.2. The van der Waals surface area contributed by atoms with E-state index in [1.807, 2.05) is 6.07 Å². The van der Waals surface area contributed by atoms with Crippen molar-refractivity contribution in [1.82, 2.24) is 9.91 Å². The minimum Gasteiger partial charge on any atom is -0.493 e. The first-order chi connectivity index (χ1) is 13.7. The van der Waals surface area contributed by atoms with Crippen LogP contribution in [0.1, 0.15) is 43.4 Å². The van der Waals surface area contributed by atoms with Crippen molar-refractivity contribution in [2.45, 2.75) is 38.0 Å². The first-order valence-electron chi connectivity index (χ1n) is 10.2. The lowest BCUT2D eigenvalue weighted by Crippen LogP contribution is -2.59. The van der Waals surface area contributed by atoms with Gasteiger partial charge in [-0.3, -0.25) is 0 Å². The van der Waals surface area contributed by atoms with Crippen LogP contribution in [0, 0.1) is 0 Å². The molecule has 1 fully saturated rings. The monoisotopic (exact) mass is 377 g/mol. The highest BCUT2D eigenvalue weighted by Crippen LogP contribution is 2.52. The molecule has 3 heterocycles. The molecule has 5 rings (SSSR count). The van der Waals surface area contributed by atoms with Crippen LogP contribution in [-0.4, -0.2) is 48.1 Å². The molecule has 1 atom stereocenters. The average molecular weight is 377 g/mol. The molecule has 0 amide bonds. The molecule has 2 aromatic rings. The van der Waals surface area contributed by atoms with Crippen LogP contribution < -0.4 is 9.47 Å². The van der Waals surface area contributed by atoms with Crippen molar-refractivity contribution >= 4 is 5.71 Å². The number of methoxy groups -OCH3 is 1. The van der Waals surface area contributed by atoms with Crippen LogP contribution in [0.5, 0.6) is 11.5 Å².